The van der Waals surface area contributed by atoms with Gasteiger partial charge in [-0.2, -0.15) is 0 Å². The van der Waals surface area contributed by atoms with E-state index in [1.807, 2.05) is 19.1 Å². The van der Waals surface area contributed by atoms with Gasteiger partial charge in [-0.05, 0) is 69.1 Å². The molecule has 2 atom stereocenters. The van der Waals surface area contributed by atoms with Crippen LogP contribution in [-0.4, -0.2) is 23.3 Å². The second-order valence-corrected chi connectivity index (χ2v) is 8.14. The summed E-state index contributed by atoms with van der Waals surface area (Å²) in [5, 5.41) is 9.37. The molecule has 3 nitrogen and oxygen atoms in total. The number of carbonyl (C=O) groups is 1. The molecular weight excluding hydrogens is 324 g/mol. The molecule has 3 heteroatoms. The van der Waals surface area contributed by atoms with Crippen molar-refractivity contribution in [2.24, 2.45) is 5.92 Å². The quantitative estimate of drug-likeness (QED) is 0.443. The van der Waals surface area contributed by atoms with Gasteiger partial charge in [0.1, 0.15) is 6.10 Å². The molecule has 1 unspecified atom stereocenters. The maximum absolute atomic E-state index is 12.2. The first-order valence-electron chi connectivity index (χ1n) is 10.5. The van der Waals surface area contributed by atoms with Crippen LogP contribution < -0.4 is 0 Å². The van der Waals surface area contributed by atoms with Crippen LogP contribution in [0, 0.1) is 5.92 Å². The summed E-state index contributed by atoms with van der Waals surface area (Å²) in [5.74, 6) is 1.25. The summed E-state index contributed by atoms with van der Waals surface area (Å²) in [5.41, 5.74) is 1.95. The van der Waals surface area contributed by atoms with Crippen molar-refractivity contribution < 1.29 is 14.6 Å². The minimum Gasteiger partial charge on any atom is -0.459 e. The van der Waals surface area contributed by atoms with Crippen molar-refractivity contribution in [3.8, 4) is 0 Å². The normalized spacial score (nSPS) is 22.6. The van der Waals surface area contributed by atoms with Crippen LogP contribution in [0.4, 0.5) is 0 Å². The average molecular weight is 361 g/mol. The van der Waals surface area contributed by atoms with E-state index in [1.165, 1.54) is 56.9 Å². The molecule has 2 rings (SSSR count). The Bertz CT molecular complexity index is 527. The molecule has 146 valence electrons. The Morgan fingerprint density at radius 1 is 1.12 bits per heavy atom. The molecule has 0 saturated heterocycles. The molecule has 0 bridgehead atoms. The fraction of sp³-hybridized carbons (Fsp3) is 0.696. The molecule has 1 aliphatic carbocycles. The highest BCUT2D eigenvalue weighted by atomic mass is 16.5. The fourth-order valence-electron chi connectivity index (χ4n) is 4.14. The maximum Gasteiger partial charge on any atom is 0.338 e. The first kappa shape index (κ1) is 21.0. The van der Waals surface area contributed by atoms with Gasteiger partial charge in [0.15, 0.2) is 0 Å². The van der Waals surface area contributed by atoms with Crippen molar-refractivity contribution in [2.45, 2.75) is 96.7 Å². The van der Waals surface area contributed by atoms with Crippen LogP contribution in [0.2, 0.25) is 0 Å². The maximum atomic E-state index is 12.2. The number of unbranched alkanes of at least 4 members (excludes halogenated alkanes) is 2. The van der Waals surface area contributed by atoms with Gasteiger partial charge in [0.2, 0.25) is 0 Å². The Hall–Kier alpha value is -1.35. The van der Waals surface area contributed by atoms with Crippen LogP contribution in [0.5, 0.6) is 0 Å². The van der Waals surface area contributed by atoms with Crippen LogP contribution in [-0.2, 0) is 4.74 Å². The Morgan fingerprint density at radius 2 is 1.77 bits per heavy atom. The lowest BCUT2D eigenvalue weighted by atomic mass is 9.77. The highest BCUT2D eigenvalue weighted by Crippen LogP contribution is 2.37. The van der Waals surface area contributed by atoms with Crippen molar-refractivity contribution in [3.05, 3.63) is 35.4 Å². The molecule has 0 spiro atoms. The summed E-state index contributed by atoms with van der Waals surface area (Å²) in [4.78, 5) is 12.2. The molecule has 1 saturated carbocycles. The van der Waals surface area contributed by atoms with Gasteiger partial charge in [0.05, 0.1) is 11.7 Å². The standard InChI is InChI=1S/C23H36O3/c1-4-5-6-7-19-8-10-20(11-9-19)21-12-14-22(15-13-21)23(25)26-18(3)16-17(2)24/h12-15,17-20,24H,4-11,16H2,1-3H3/t17-,18?,19?,20?/m1/s1. The van der Waals surface area contributed by atoms with Crippen LogP contribution in [0.25, 0.3) is 0 Å². The van der Waals surface area contributed by atoms with Crippen LogP contribution in [0.1, 0.15) is 100 Å². The summed E-state index contributed by atoms with van der Waals surface area (Å²) in [6.45, 7) is 5.79. The second kappa shape index (κ2) is 10.7. The first-order chi connectivity index (χ1) is 12.5. The summed E-state index contributed by atoms with van der Waals surface area (Å²) in [7, 11) is 0. The van der Waals surface area contributed by atoms with Gasteiger partial charge in [-0.15, -0.1) is 0 Å². The van der Waals surface area contributed by atoms with Gasteiger partial charge in [-0.3, -0.25) is 0 Å². The van der Waals surface area contributed by atoms with Gasteiger partial charge in [0.25, 0.3) is 0 Å². The first-order valence-corrected chi connectivity index (χ1v) is 10.5. The molecule has 0 radical (unpaired) electrons. The van der Waals surface area contributed by atoms with Crippen LogP contribution in [0.15, 0.2) is 24.3 Å². The number of aliphatic hydroxyl groups is 1. The van der Waals surface area contributed by atoms with E-state index in [4.69, 9.17) is 4.74 Å². The van der Waals surface area contributed by atoms with Crippen molar-refractivity contribution in [1.29, 1.82) is 0 Å². The lowest BCUT2D eigenvalue weighted by Crippen LogP contribution is -2.19. The van der Waals surface area contributed by atoms with E-state index >= 15 is 0 Å². The van der Waals surface area contributed by atoms with E-state index in [2.05, 4.69) is 19.1 Å². The molecule has 1 aromatic rings. The SMILES string of the molecule is CCCCCC1CCC(c2ccc(C(=O)OC(C)C[C@@H](C)O)cc2)CC1. The zero-order valence-corrected chi connectivity index (χ0v) is 16.7. The molecule has 0 aromatic heterocycles. The summed E-state index contributed by atoms with van der Waals surface area (Å²) in [6, 6.07) is 7.97. The van der Waals surface area contributed by atoms with Crippen molar-refractivity contribution in [2.75, 3.05) is 0 Å². The molecule has 0 heterocycles. The Kier molecular flexibility index (Phi) is 8.64. The predicted octanol–water partition coefficient (Wildman–Crippen LogP) is 5.86. The number of benzene rings is 1. The van der Waals surface area contributed by atoms with Gasteiger partial charge in [0, 0.05) is 6.42 Å². The number of hydrogen-bond acceptors (Lipinski definition) is 3. The van der Waals surface area contributed by atoms with Crippen molar-refractivity contribution in [3.63, 3.8) is 0 Å². The molecule has 1 N–H and O–H groups in total. The van der Waals surface area contributed by atoms with Crippen molar-refractivity contribution in [1.82, 2.24) is 0 Å². The highest BCUT2D eigenvalue weighted by molar-refractivity contribution is 5.89. The molecular formula is C23H36O3. The third-order valence-corrected chi connectivity index (χ3v) is 5.66. The molecule has 0 aliphatic heterocycles. The summed E-state index contributed by atoms with van der Waals surface area (Å²) >= 11 is 0. The number of esters is 1. The Balaban J connectivity index is 1.81. The van der Waals surface area contributed by atoms with Crippen LogP contribution in [0.3, 0.4) is 0 Å². The van der Waals surface area contributed by atoms with Gasteiger partial charge < -0.3 is 9.84 Å². The summed E-state index contributed by atoms with van der Waals surface area (Å²) < 4.78 is 5.39. The highest BCUT2D eigenvalue weighted by Gasteiger charge is 2.22. The number of carbonyl (C=O) groups excluding carboxylic acids is 1. The zero-order chi connectivity index (χ0) is 18.9. The van der Waals surface area contributed by atoms with Crippen molar-refractivity contribution >= 4 is 5.97 Å². The third kappa shape index (κ3) is 6.75. The van der Waals surface area contributed by atoms with E-state index in [9.17, 15) is 9.90 Å². The van der Waals surface area contributed by atoms with Crippen LogP contribution >= 0.6 is 0 Å². The Morgan fingerprint density at radius 3 is 2.35 bits per heavy atom. The third-order valence-electron chi connectivity index (χ3n) is 5.66. The smallest absolute Gasteiger partial charge is 0.338 e. The number of rotatable bonds is 9. The number of ether oxygens (including phenoxy) is 1. The lowest BCUT2D eigenvalue weighted by Gasteiger charge is -2.29. The largest absolute Gasteiger partial charge is 0.459 e. The molecule has 1 fully saturated rings. The van der Waals surface area contributed by atoms with E-state index in [1.54, 1.807) is 6.92 Å². The molecule has 26 heavy (non-hydrogen) atoms. The van der Waals surface area contributed by atoms with Gasteiger partial charge in [-0.25, -0.2) is 4.79 Å². The van der Waals surface area contributed by atoms with E-state index in [0.717, 1.165) is 5.92 Å². The Labute approximate surface area is 159 Å². The van der Waals surface area contributed by atoms with E-state index in [-0.39, 0.29) is 12.1 Å². The zero-order valence-electron chi connectivity index (χ0n) is 16.7. The molecule has 1 aromatic carbocycles. The average Bonchev–Trinajstić information content (AvgIpc) is 2.62. The predicted molar refractivity (Wildman–Crippen MR) is 106 cm³/mol. The van der Waals surface area contributed by atoms with Gasteiger partial charge >= 0.3 is 5.97 Å². The minimum atomic E-state index is -0.461. The number of aliphatic hydroxyl groups excluding tert-OH is 1. The molecule has 0 amide bonds. The second-order valence-electron chi connectivity index (χ2n) is 8.14. The monoisotopic (exact) mass is 360 g/mol. The van der Waals surface area contributed by atoms with E-state index < -0.39 is 6.10 Å². The number of hydrogen-bond donors (Lipinski definition) is 1. The topological polar surface area (TPSA) is 46.5 Å². The van der Waals surface area contributed by atoms with E-state index in [0.29, 0.717) is 17.9 Å². The fourth-order valence-corrected chi connectivity index (χ4v) is 4.14. The minimum absolute atomic E-state index is 0.273. The lowest BCUT2D eigenvalue weighted by molar-refractivity contribution is 0.0222. The molecule has 1 aliphatic rings. The van der Waals surface area contributed by atoms with Gasteiger partial charge in [-0.1, -0.05) is 44.7 Å². The summed E-state index contributed by atoms with van der Waals surface area (Å²) in [6.07, 6.45) is 10.4.